The van der Waals surface area contributed by atoms with Crippen LogP contribution in [0.1, 0.15) is 85.4 Å². The number of carboxylic acid groups (broad SMARTS) is 1. The maximum absolute atomic E-state index is 10.9. The summed E-state index contributed by atoms with van der Waals surface area (Å²) in [6.45, 7) is 4.24. The van der Waals surface area contributed by atoms with Crippen LogP contribution in [0.5, 0.6) is 0 Å². The third-order valence-corrected chi connectivity index (χ3v) is 6.55. The molecule has 158 valence electrons. The first kappa shape index (κ1) is 21.9. The van der Waals surface area contributed by atoms with Crippen LogP contribution in [0.4, 0.5) is 0 Å². The van der Waals surface area contributed by atoms with Crippen LogP contribution in [0.25, 0.3) is 0 Å². The van der Waals surface area contributed by atoms with Crippen LogP contribution in [0.15, 0.2) is 40.8 Å². The van der Waals surface area contributed by atoms with Crippen LogP contribution in [0, 0.1) is 11.8 Å². The van der Waals surface area contributed by atoms with E-state index >= 15 is 0 Å². The van der Waals surface area contributed by atoms with E-state index in [1.54, 1.807) is 6.07 Å². The summed E-state index contributed by atoms with van der Waals surface area (Å²) in [6.07, 6.45) is 5.08. The van der Waals surface area contributed by atoms with Crippen LogP contribution < -0.4 is 0 Å². The fourth-order valence-electron chi connectivity index (χ4n) is 4.50. The predicted molar refractivity (Wildman–Crippen MR) is 115 cm³/mol. The average molecular weight is 419 g/mol. The third-order valence-electron chi connectivity index (χ3n) is 6.01. The van der Waals surface area contributed by atoms with Crippen molar-refractivity contribution in [1.82, 2.24) is 0 Å². The monoisotopic (exact) mass is 418 g/mol. The second kappa shape index (κ2) is 9.82. The van der Waals surface area contributed by atoms with Crippen molar-refractivity contribution in [3.8, 4) is 0 Å². The fourth-order valence-corrected chi connectivity index (χ4v) is 4.93. The summed E-state index contributed by atoms with van der Waals surface area (Å²) in [5.74, 6) is 0.966. The molecule has 1 saturated carbocycles. The second-order valence-electron chi connectivity index (χ2n) is 8.64. The zero-order valence-corrected chi connectivity index (χ0v) is 17.9. The summed E-state index contributed by atoms with van der Waals surface area (Å²) in [6, 6.07) is 11.7. The van der Waals surface area contributed by atoms with Crippen molar-refractivity contribution >= 4 is 17.6 Å². The number of hydrogen-bond acceptors (Lipinski definition) is 3. The van der Waals surface area contributed by atoms with Crippen molar-refractivity contribution in [2.24, 2.45) is 11.8 Å². The number of alkyl halides is 1. The molecule has 4 nitrogen and oxygen atoms in total. The number of hydrogen-bond donors (Lipinski definition) is 2. The van der Waals surface area contributed by atoms with Crippen LogP contribution >= 0.6 is 11.6 Å². The Balaban J connectivity index is 1.59. The summed E-state index contributed by atoms with van der Waals surface area (Å²) in [5, 5.41) is 19.5. The van der Waals surface area contributed by atoms with Crippen molar-refractivity contribution in [3.63, 3.8) is 0 Å². The summed E-state index contributed by atoms with van der Waals surface area (Å²) in [7, 11) is 0. The molecule has 4 atom stereocenters. The molecule has 0 radical (unpaired) electrons. The molecule has 1 aromatic carbocycles. The summed E-state index contributed by atoms with van der Waals surface area (Å²) in [4.78, 5) is 10.9. The Morgan fingerprint density at radius 2 is 1.90 bits per heavy atom. The molecule has 1 heterocycles. The number of aromatic carboxylic acids is 1. The van der Waals surface area contributed by atoms with E-state index in [4.69, 9.17) is 21.1 Å². The van der Waals surface area contributed by atoms with Gasteiger partial charge in [-0.2, -0.15) is 0 Å². The van der Waals surface area contributed by atoms with E-state index in [2.05, 4.69) is 38.1 Å². The Morgan fingerprint density at radius 3 is 2.52 bits per heavy atom. The molecule has 5 heteroatoms. The molecule has 1 fully saturated rings. The Kier molecular flexibility index (Phi) is 7.42. The molecule has 1 aromatic heterocycles. The Hall–Kier alpha value is -1.78. The van der Waals surface area contributed by atoms with E-state index in [0.717, 1.165) is 44.1 Å². The quantitative estimate of drug-likeness (QED) is 0.477. The van der Waals surface area contributed by atoms with Gasteiger partial charge >= 0.3 is 5.97 Å². The molecule has 1 aliphatic rings. The highest BCUT2D eigenvalue weighted by molar-refractivity contribution is 6.21. The number of carboxylic acids is 1. The van der Waals surface area contributed by atoms with Gasteiger partial charge in [0, 0.05) is 11.8 Å². The maximum Gasteiger partial charge on any atom is 0.371 e. The van der Waals surface area contributed by atoms with Gasteiger partial charge in [-0.1, -0.05) is 38.1 Å². The molecule has 0 saturated heterocycles. The average Bonchev–Trinajstić information content (AvgIpc) is 3.29. The molecule has 29 heavy (non-hydrogen) atoms. The molecular weight excluding hydrogens is 388 g/mol. The van der Waals surface area contributed by atoms with Gasteiger partial charge in [-0.15, -0.1) is 11.6 Å². The van der Waals surface area contributed by atoms with Crippen LogP contribution in [-0.4, -0.2) is 21.6 Å². The van der Waals surface area contributed by atoms with Crippen molar-refractivity contribution in [2.45, 2.75) is 69.8 Å². The number of rotatable bonds is 9. The first-order chi connectivity index (χ1) is 13.8. The normalized spacial score (nSPS) is 22.9. The summed E-state index contributed by atoms with van der Waals surface area (Å²) in [5.41, 5.74) is 2.27. The van der Waals surface area contributed by atoms with Gasteiger partial charge in [-0.05, 0) is 73.1 Å². The standard InChI is InChI=1S/C24H31ClO4/c1-15(2)14-22(26)17-8-6-16(7-9-17)19-11-12-21(25)20(19)5-3-4-18-10-13-23(29-18)24(27)28/h6-10,13,15,19-22,26H,3-5,11-12,14H2,1-2H3,(H,27,28). The van der Waals surface area contributed by atoms with E-state index in [-0.39, 0.29) is 11.1 Å². The molecule has 1 aliphatic carbocycles. The molecule has 4 unspecified atom stereocenters. The maximum atomic E-state index is 10.9. The largest absolute Gasteiger partial charge is 0.475 e. The summed E-state index contributed by atoms with van der Waals surface area (Å²) >= 11 is 6.65. The van der Waals surface area contributed by atoms with E-state index in [9.17, 15) is 9.90 Å². The lowest BCUT2D eigenvalue weighted by atomic mass is 9.84. The first-order valence-corrected chi connectivity index (χ1v) is 11.0. The number of aliphatic hydroxyl groups excluding tert-OH is 1. The van der Waals surface area contributed by atoms with E-state index in [1.807, 2.05) is 0 Å². The molecule has 2 aromatic rings. The van der Waals surface area contributed by atoms with Gasteiger partial charge in [0.15, 0.2) is 0 Å². The van der Waals surface area contributed by atoms with Crippen molar-refractivity contribution in [1.29, 1.82) is 0 Å². The van der Waals surface area contributed by atoms with Gasteiger partial charge in [0.25, 0.3) is 0 Å². The van der Waals surface area contributed by atoms with Crippen molar-refractivity contribution in [3.05, 3.63) is 59.0 Å². The van der Waals surface area contributed by atoms with Crippen molar-refractivity contribution in [2.75, 3.05) is 0 Å². The summed E-state index contributed by atoms with van der Waals surface area (Å²) < 4.78 is 5.35. The number of aliphatic hydroxyl groups is 1. The molecule has 0 aliphatic heterocycles. The van der Waals surface area contributed by atoms with E-state index in [1.165, 1.54) is 11.6 Å². The fraction of sp³-hybridized carbons (Fsp3) is 0.542. The van der Waals surface area contributed by atoms with E-state index < -0.39 is 12.1 Å². The zero-order valence-electron chi connectivity index (χ0n) is 17.2. The number of benzene rings is 1. The van der Waals surface area contributed by atoms with Crippen LogP contribution in [-0.2, 0) is 6.42 Å². The smallest absolute Gasteiger partial charge is 0.371 e. The zero-order chi connectivity index (χ0) is 21.0. The van der Waals surface area contributed by atoms with Crippen molar-refractivity contribution < 1.29 is 19.4 Å². The second-order valence-corrected chi connectivity index (χ2v) is 9.20. The Morgan fingerprint density at radius 1 is 1.17 bits per heavy atom. The van der Waals surface area contributed by atoms with E-state index in [0.29, 0.717) is 23.5 Å². The van der Waals surface area contributed by atoms with Crippen LogP contribution in [0.3, 0.4) is 0 Å². The Bertz CT molecular complexity index is 795. The molecule has 0 spiro atoms. The SMILES string of the molecule is CC(C)CC(O)c1ccc(C2CCC(Cl)C2CCCc2ccc(C(=O)O)o2)cc1. The van der Waals surface area contributed by atoms with Gasteiger partial charge in [0.05, 0.1) is 6.10 Å². The highest BCUT2D eigenvalue weighted by Gasteiger charge is 2.35. The third kappa shape index (κ3) is 5.64. The highest BCUT2D eigenvalue weighted by atomic mass is 35.5. The molecule has 0 amide bonds. The lowest BCUT2D eigenvalue weighted by molar-refractivity contribution is 0.0660. The minimum Gasteiger partial charge on any atom is -0.475 e. The Labute approximate surface area is 177 Å². The molecule has 3 rings (SSSR count). The molecule has 0 bridgehead atoms. The predicted octanol–water partition coefficient (Wildman–Crippen LogP) is 6.18. The minimum atomic E-state index is -1.03. The van der Waals surface area contributed by atoms with Gasteiger partial charge in [-0.25, -0.2) is 4.79 Å². The van der Waals surface area contributed by atoms with Gasteiger partial charge < -0.3 is 14.6 Å². The minimum absolute atomic E-state index is 0.00583. The number of aryl methyl sites for hydroxylation is 1. The lowest BCUT2D eigenvalue weighted by Gasteiger charge is -2.23. The topological polar surface area (TPSA) is 70.7 Å². The van der Waals surface area contributed by atoms with Gasteiger partial charge in [-0.3, -0.25) is 0 Å². The van der Waals surface area contributed by atoms with Gasteiger partial charge in [0.2, 0.25) is 5.76 Å². The number of halogens is 1. The highest BCUT2D eigenvalue weighted by Crippen LogP contribution is 2.45. The lowest BCUT2D eigenvalue weighted by Crippen LogP contribution is -2.14. The van der Waals surface area contributed by atoms with Crippen LogP contribution in [0.2, 0.25) is 0 Å². The number of furan rings is 1. The molecule has 2 N–H and O–H groups in total. The molecular formula is C24H31ClO4. The van der Waals surface area contributed by atoms with Gasteiger partial charge in [0.1, 0.15) is 5.76 Å². The first-order valence-electron chi connectivity index (χ1n) is 10.6. The number of carbonyl (C=O) groups is 1.